The Labute approximate surface area is 174 Å². The molecule has 1 N–H and O–H groups in total. The summed E-state index contributed by atoms with van der Waals surface area (Å²) >= 11 is 6.16. The van der Waals surface area contributed by atoms with Crippen LogP contribution in [0.4, 0.5) is 4.39 Å². The number of nitrogens with zero attached hydrogens (tertiary/aromatic N) is 2. The number of halogens is 2. The molecule has 1 fully saturated rings. The number of benzene rings is 1. The highest BCUT2D eigenvalue weighted by Crippen LogP contribution is 2.34. The number of aromatic nitrogens is 1. The average molecular weight is 422 g/mol. The zero-order valence-electron chi connectivity index (χ0n) is 16.8. The van der Waals surface area contributed by atoms with Crippen LogP contribution in [-0.2, 0) is 4.79 Å². The number of hydrogen-bond donors (Lipinski definition) is 1. The number of amides is 2. The van der Waals surface area contributed by atoms with Crippen LogP contribution in [0.1, 0.15) is 42.8 Å². The lowest BCUT2D eigenvalue weighted by Crippen LogP contribution is -2.46. The standard InChI is InChI=1S/C21H25ClFN3O3/c1-12(2)10-24-20(27)14-6-5-9-26(11-14)21(28)17-13(3)29-25-19(17)18-15(22)7-4-8-16(18)23/h4,7-8,12,14H,5-6,9-11H2,1-3H3,(H,24,27). The highest BCUT2D eigenvalue weighted by molar-refractivity contribution is 6.33. The molecule has 1 atom stereocenters. The van der Waals surface area contributed by atoms with E-state index in [4.69, 9.17) is 16.1 Å². The fourth-order valence-corrected chi connectivity index (χ4v) is 3.75. The van der Waals surface area contributed by atoms with Gasteiger partial charge in [0.1, 0.15) is 22.8 Å². The summed E-state index contributed by atoms with van der Waals surface area (Å²) in [7, 11) is 0. The van der Waals surface area contributed by atoms with Crippen LogP contribution in [0, 0.1) is 24.6 Å². The van der Waals surface area contributed by atoms with Crippen molar-refractivity contribution in [3.05, 3.63) is 40.4 Å². The molecule has 1 saturated heterocycles. The number of hydrogen-bond acceptors (Lipinski definition) is 4. The number of aryl methyl sites for hydroxylation is 1. The van der Waals surface area contributed by atoms with Crippen molar-refractivity contribution in [2.24, 2.45) is 11.8 Å². The molecule has 2 aromatic rings. The minimum atomic E-state index is -0.579. The molecule has 8 heteroatoms. The van der Waals surface area contributed by atoms with Crippen LogP contribution < -0.4 is 5.32 Å². The Kier molecular flexibility index (Phi) is 6.57. The van der Waals surface area contributed by atoms with Gasteiger partial charge in [0.05, 0.1) is 16.5 Å². The van der Waals surface area contributed by atoms with Crippen LogP contribution in [0.3, 0.4) is 0 Å². The van der Waals surface area contributed by atoms with Crippen LogP contribution in [-0.4, -0.2) is 41.5 Å². The van der Waals surface area contributed by atoms with Crippen molar-refractivity contribution >= 4 is 23.4 Å². The summed E-state index contributed by atoms with van der Waals surface area (Å²) in [6.45, 7) is 7.08. The molecule has 6 nitrogen and oxygen atoms in total. The van der Waals surface area contributed by atoms with Crippen molar-refractivity contribution in [3.8, 4) is 11.3 Å². The molecule has 156 valence electrons. The molecular formula is C21H25ClFN3O3. The third kappa shape index (κ3) is 4.61. The molecule has 2 amide bonds. The summed E-state index contributed by atoms with van der Waals surface area (Å²) in [4.78, 5) is 27.3. The first kappa shape index (κ1) is 21.3. The van der Waals surface area contributed by atoms with Gasteiger partial charge in [-0.05, 0) is 37.8 Å². The number of piperidine rings is 1. The maximum absolute atomic E-state index is 14.4. The Hall–Kier alpha value is -2.41. The minimum absolute atomic E-state index is 0.0394. The molecule has 0 bridgehead atoms. The molecule has 0 radical (unpaired) electrons. The maximum Gasteiger partial charge on any atom is 0.259 e. The van der Waals surface area contributed by atoms with E-state index >= 15 is 0 Å². The number of rotatable bonds is 5. The number of carbonyl (C=O) groups is 2. The van der Waals surface area contributed by atoms with E-state index < -0.39 is 5.82 Å². The van der Waals surface area contributed by atoms with Crippen molar-refractivity contribution in [2.75, 3.05) is 19.6 Å². The lowest BCUT2D eigenvalue weighted by Gasteiger charge is -2.32. The molecule has 0 spiro atoms. The highest BCUT2D eigenvalue weighted by Gasteiger charge is 2.33. The summed E-state index contributed by atoms with van der Waals surface area (Å²) in [6, 6.07) is 4.28. The highest BCUT2D eigenvalue weighted by atomic mass is 35.5. The van der Waals surface area contributed by atoms with Crippen molar-refractivity contribution in [3.63, 3.8) is 0 Å². The Balaban J connectivity index is 1.84. The van der Waals surface area contributed by atoms with Gasteiger partial charge in [-0.25, -0.2) is 4.39 Å². The van der Waals surface area contributed by atoms with Crippen molar-refractivity contribution in [2.45, 2.75) is 33.6 Å². The lowest BCUT2D eigenvalue weighted by atomic mass is 9.95. The second kappa shape index (κ2) is 8.95. The van der Waals surface area contributed by atoms with Gasteiger partial charge in [0, 0.05) is 19.6 Å². The van der Waals surface area contributed by atoms with E-state index in [0.29, 0.717) is 32.0 Å². The van der Waals surface area contributed by atoms with E-state index in [-0.39, 0.29) is 45.3 Å². The van der Waals surface area contributed by atoms with Crippen molar-refractivity contribution < 1.29 is 18.5 Å². The first-order valence-corrected chi connectivity index (χ1v) is 10.1. The van der Waals surface area contributed by atoms with Crippen LogP contribution in [0.25, 0.3) is 11.3 Å². The first-order chi connectivity index (χ1) is 13.8. The van der Waals surface area contributed by atoms with Gasteiger partial charge in [-0.1, -0.05) is 36.7 Å². The van der Waals surface area contributed by atoms with Gasteiger partial charge in [-0.15, -0.1) is 0 Å². The molecule has 1 aliphatic rings. The molecule has 1 aliphatic heterocycles. The van der Waals surface area contributed by atoms with E-state index in [1.807, 2.05) is 13.8 Å². The predicted octanol–water partition coefficient (Wildman–Crippen LogP) is 4.07. The van der Waals surface area contributed by atoms with Gasteiger partial charge < -0.3 is 14.7 Å². The summed E-state index contributed by atoms with van der Waals surface area (Å²) in [5.41, 5.74) is 0.305. The van der Waals surface area contributed by atoms with Crippen LogP contribution in [0.15, 0.2) is 22.7 Å². The summed E-state index contributed by atoms with van der Waals surface area (Å²) in [5.74, 6) is -0.588. The van der Waals surface area contributed by atoms with E-state index in [9.17, 15) is 14.0 Å². The second-order valence-corrected chi connectivity index (χ2v) is 8.20. The van der Waals surface area contributed by atoms with Crippen molar-refractivity contribution in [1.29, 1.82) is 0 Å². The van der Waals surface area contributed by atoms with Crippen LogP contribution in [0.2, 0.25) is 5.02 Å². The third-order valence-electron chi connectivity index (χ3n) is 5.04. The topological polar surface area (TPSA) is 75.4 Å². The SMILES string of the molecule is Cc1onc(-c2c(F)cccc2Cl)c1C(=O)N1CCCC(C(=O)NCC(C)C)C1. The van der Waals surface area contributed by atoms with Gasteiger partial charge in [0.15, 0.2) is 0 Å². The second-order valence-electron chi connectivity index (χ2n) is 7.79. The van der Waals surface area contributed by atoms with Crippen molar-refractivity contribution in [1.82, 2.24) is 15.4 Å². The van der Waals surface area contributed by atoms with Gasteiger partial charge in [0.25, 0.3) is 5.91 Å². The van der Waals surface area contributed by atoms with E-state index in [0.717, 1.165) is 6.42 Å². The maximum atomic E-state index is 14.4. The fourth-order valence-electron chi connectivity index (χ4n) is 3.50. The van der Waals surface area contributed by atoms with E-state index in [2.05, 4.69) is 10.5 Å². The van der Waals surface area contributed by atoms with Gasteiger partial charge in [-0.2, -0.15) is 0 Å². The molecular weight excluding hydrogens is 397 g/mol. The summed E-state index contributed by atoms with van der Waals surface area (Å²) in [6.07, 6.45) is 1.44. The molecule has 2 heterocycles. The Morgan fingerprint density at radius 2 is 2.17 bits per heavy atom. The third-order valence-corrected chi connectivity index (χ3v) is 5.36. The lowest BCUT2D eigenvalue weighted by molar-refractivity contribution is -0.126. The van der Waals surface area contributed by atoms with E-state index in [1.165, 1.54) is 18.2 Å². The van der Waals surface area contributed by atoms with Gasteiger partial charge in [0.2, 0.25) is 5.91 Å². The largest absolute Gasteiger partial charge is 0.360 e. The molecule has 1 aromatic carbocycles. The van der Waals surface area contributed by atoms with Crippen LogP contribution in [0.5, 0.6) is 0 Å². The smallest absolute Gasteiger partial charge is 0.259 e. The molecule has 0 aliphatic carbocycles. The molecule has 29 heavy (non-hydrogen) atoms. The van der Waals surface area contributed by atoms with Crippen LogP contribution >= 0.6 is 11.6 Å². The normalized spacial score (nSPS) is 16.9. The average Bonchev–Trinajstić information content (AvgIpc) is 3.06. The monoisotopic (exact) mass is 421 g/mol. The van der Waals surface area contributed by atoms with Gasteiger partial charge >= 0.3 is 0 Å². The van der Waals surface area contributed by atoms with Gasteiger partial charge in [-0.3, -0.25) is 9.59 Å². The first-order valence-electron chi connectivity index (χ1n) is 9.77. The molecule has 3 rings (SSSR count). The molecule has 0 saturated carbocycles. The fraction of sp³-hybridized carbons (Fsp3) is 0.476. The number of likely N-dealkylation sites (tertiary alicyclic amines) is 1. The minimum Gasteiger partial charge on any atom is -0.360 e. The Bertz CT molecular complexity index is 892. The Morgan fingerprint density at radius 1 is 1.41 bits per heavy atom. The zero-order valence-corrected chi connectivity index (χ0v) is 17.6. The molecule has 1 aromatic heterocycles. The van der Waals surface area contributed by atoms with E-state index in [1.54, 1.807) is 11.8 Å². The number of nitrogens with one attached hydrogen (secondary N) is 1. The number of carbonyl (C=O) groups excluding carboxylic acids is 2. The quantitative estimate of drug-likeness (QED) is 0.789. The summed E-state index contributed by atoms with van der Waals surface area (Å²) in [5, 5.41) is 6.99. The molecule has 1 unspecified atom stereocenters. The predicted molar refractivity (Wildman–Crippen MR) is 108 cm³/mol. The Morgan fingerprint density at radius 3 is 2.86 bits per heavy atom. The summed E-state index contributed by atoms with van der Waals surface area (Å²) < 4.78 is 19.6. The zero-order chi connectivity index (χ0) is 21.1.